The molecule has 3 amide bonds. The molecule has 2 N–H and O–H groups in total. The van der Waals surface area contributed by atoms with Crippen molar-refractivity contribution in [1.29, 1.82) is 0 Å². The smallest absolute Gasteiger partial charge is 0.339 e. The number of carbonyl (C=O) groups is 3. The lowest BCUT2D eigenvalue weighted by molar-refractivity contribution is 0.0358. The molecule has 0 radical (unpaired) electrons. The molecule has 0 bridgehead atoms. The summed E-state index contributed by atoms with van der Waals surface area (Å²) < 4.78 is 30.6. The zero-order valence-corrected chi connectivity index (χ0v) is 18.0. The molecule has 0 aromatic heterocycles. The van der Waals surface area contributed by atoms with E-state index in [-0.39, 0.29) is 16.0 Å². The minimum atomic E-state index is -4.07. The third-order valence-electron chi connectivity index (χ3n) is 4.90. The maximum absolute atomic E-state index is 12.5. The highest BCUT2D eigenvalue weighted by Crippen LogP contribution is 2.29. The van der Waals surface area contributed by atoms with E-state index < -0.39 is 34.7 Å². The average Bonchev–Trinajstić information content (AvgIpc) is 3.02. The maximum Gasteiger partial charge on any atom is 0.339 e. The number of benzene rings is 3. The summed E-state index contributed by atoms with van der Waals surface area (Å²) in [5.41, 5.74) is 1.57. The molecule has 3 aromatic carbocycles. The van der Waals surface area contributed by atoms with E-state index >= 15 is 0 Å². The lowest BCUT2D eigenvalue weighted by atomic mass is 10.2. The topological polar surface area (TPSA) is 122 Å². The first-order valence-electron chi connectivity index (χ1n) is 9.88. The van der Waals surface area contributed by atoms with E-state index in [9.17, 15) is 22.8 Å². The summed E-state index contributed by atoms with van der Waals surface area (Å²) in [6.45, 7) is -0.379. The lowest BCUT2D eigenvalue weighted by Gasteiger charge is -2.15. The fraction of sp³-hybridized carbons (Fsp3) is 0.0870. The van der Waals surface area contributed by atoms with Crippen molar-refractivity contribution in [2.45, 2.75) is 11.4 Å². The van der Waals surface area contributed by atoms with Crippen LogP contribution in [-0.4, -0.2) is 37.4 Å². The number of urea groups is 1. The van der Waals surface area contributed by atoms with Crippen LogP contribution in [0, 0.1) is 0 Å². The van der Waals surface area contributed by atoms with E-state index in [0.29, 0.717) is 16.5 Å². The van der Waals surface area contributed by atoms with Crippen molar-refractivity contribution < 1.29 is 27.5 Å². The molecule has 9 nitrogen and oxygen atoms in total. The molecule has 1 aliphatic rings. The number of carbonyl (C=O) groups excluding carboxylic acids is 3. The Morgan fingerprint density at radius 1 is 0.879 bits per heavy atom. The second-order valence-electron chi connectivity index (χ2n) is 7.09. The molecule has 10 heteroatoms. The maximum atomic E-state index is 12.5. The Kier molecular flexibility index (Phi) is 6.09. The van der Waals surface area contributed by atoms with Gasteiger partial charge < -0.3 is 15.4 Å². The van der Waals surface area contributed by atoms with Crippen LogP contribution in [-0.2, 0) is 21.3 Å². The molecule has 0 aliphatic carbocycles. The fourth-order valence-electron chi connectivity index (χ4n) is 3.20. The number of sulfonamides is 1. The highest BCUT2D eigenvalue weighted by Gasteiger charge is 2.41. The van der Waals surface area contributed by atoms with Gasteiger partial charge in [0.15, 0.2) is 6.73 Å². The Morgan fingerprint density at radius 2 is 1.55 bits per heavy atom. The van der Waals surface area contributed by atoms with E-state index in [1.165, 1.54) is 42.5 Å². The van der Waals surface area contributed by atoms with Crippen LogP contribution in [0.4, 0.5) is 10.5 Å². The van der Waals surface area contributed by atoms with E-state index in [0.717, 1.165) is 5.56 Å². The van der Waals surface area contributed by atoms with Gasteiger partial charge in [-0.3, -0.25) is 4.79 Å². The molecule has 168 valence electrons. The number of amides is 3. The van der Waals surface area contributed by atoms with E-state index in [2.05, 4.69) is 10.6 Å². The van der Waals surface area contributed by atoms with Gasteiger partial charge in [-0.25, -0.2) is 18.0 Å². The Balaban J connectivity index is 1.32. The molecule has 0 unspecified atom stereocenters. The number of anilines is 1. The molecule has 3 aromatic rings. The highest BCUT2D eigenvalue weighted by molar-refractivity contribution is 7.90. The Hall–Kier alpha value is -4.18. The number of esters is 1. The van der Waals surface area contributed by atoms with Crippen LogP contribution in [0.3, 0.4) is 0 Å². The summed E-state index contributed by atoms with van der Waals surface area (Å²) in [6, 6.07) is 20.7. The van der Waals surface area contributed by atoms with E-state index in [1.807, 2.05) is 30.3 Å². The fourth-order valence-corrected chi connectivity index (χ4v) is 4.63. The van der Waals surface area contributed by atoms with Gasteiger partial charge >= 0.3 is 12.0 Å². The molecule has 1 aliphatic heterocycles. The van der Waals surface area contributed by atoms with Crippen molar-refractivity contribution in [3.05, 3.63) is 95.6 Å². The van der Waals surface area contributed by atoms with Crippen LogP contribution in [0.15, 0.2) is 83.8 Å². The zero-order chi connectivity index (χ0) is 23.4. The van der Waals surface area contributed by atoms with Crippen molar-refractivity contribution in [2.75, 3.05) is 12.0 Å². The first kappa shape index (κ1) is 22.0. The van der Waals surface area contributed by atoms with Crippen LogP contribution in [0.2, 0.25) is 0 Å². The number of nitrogens with one attached hydrogen (secondary N) is 2. The summed E-state index contributed by atoms with van der Waals surface area (Å²) in [7, 11) is -4.07. The van der Waals surface area contributed by atoms with E-state index in [1.54, 1.807) is 6.07 Å². The SMILES string of the molecule is O=C(NCc1ccccc1)Nc1ccc(C(=O)OCN2C(=O)c3ccccc3S2(=O)=O)cc1. The minimum Gasteiger partial charge on any atom is -0.439 e. The van der Waals surface area contributed by atoms with Crippen LogP contribution in [0.1, 0.15) is 26.3 Å². The van der Waals surface area contributed by atoms with E-state index in [4.69, 9.17) is 4.74 Å². The van der Waals surface area contributed by atoms with Crippen LogP contribution >= 0.6 is 0 Å². The van der Waals surface area contributed by atoms with Gasteiger partial charge in [0, 0.05) is 12.2 Å². The molecule has 0 spiro atoms. The number of fused-ring (bicyclic) bond motifs is 1. The standard InChI is InChI=1S/C23H19N3O6S/c27-21-19-8-4-5-9-20(19)33(30,31)26(21)15-32-22(28)17-10-12-18(13-11-17)25-23(29)24-14-16-6-2-1-3-7-16/h1-13H,14-15H2,(H2,24,25,29). The van der Waals surface area contributed by atoms with Crippen molar-refractivity contribution >= 4 is 33.6 Å². The molecule has 33 heavy (non-hydrogen) atoms. The quantitative estimate of drug-likeness (QED) is 0.540. The normalized spacial score (nSPS) is 13.8. The first-order valence-corrected chi connectivity index (χ1v) is 11.3. The van der Waals surface area contributed by atoms with Crippen molar-refractivity contribution in [3.8, 4) is 0 Å². The van der Waals surface area contributed by atoms with Crippen LogP contribution in [0.25, 0.3) is 0 Å². The summed E-state index contributed by atoms with van der Waals surface area (Å²) in [6.07, 6.45) is 0. The molecular weight excluding hydrogens is 446 g/mol. The Morgan fingerprint density at radius 3 is 2.24 bits per heavy atom. The van der Waals surface area contributed by atoms with Gasteiger partial charge in [-0.2, -0.15) is 4.31 Å². The van der Waals surface area contributed by atoms with Crippen LogP contribution in [0.5, 0.6) is 0 Å². The third kappa shape index (κ3) is 4.70. The van der Waals surface area contributed by atoms with Crippen molar-refractivity contribution in [2.24, 2.45) is 0 Å². The van der Waals surface area contributed by atoms with Gasteiger partial charge in [0.1, 0.15) is 4.90 Å². The summed E-state index contributed by atoms with van der Waals surface area (Å²) >= 11 is 0. The number of hydrogen-bond donors (Lipinski definition) is 2. The predicted octanol–water partition coefficient (Wildman–Crippen LogP) is 2.97. The Bertz CT molecular complexity index is 1310. The van der Waals surface area contributed by atoms with Gasteiger partial charge in [0.25, 0.3) is 15.9 Å². The Labute approximate surface area is 190 Å². The second kappa shape index (κ2) is 9.13. The monoisotopic (exact) mass is 465 g/mol. The second-order valence-corrected chi connectivity index (χ2v) is 8.92. The highest BCUT2D eigenvalue weighted by atomic mass is 32.2. The summed E-state index contributed by atoms with van der Waals surface area (Å²) in [5, 5.41) is 5.37. The molecule has 1 heterocycles. The molecule has 4 rings (SSSR count). The lowest BCUT2D eigenvalue weighted by Crippen LogP contribution is -2.33. The molecule has 0 atom stereocenters. The summed E-state index contributed by atoms with van der Waals surface area (Å²) in [4.78, 5) is 36.6. The zero-order valence-electron chi connectivity index (χ0n) is 17.2. The largest absolute Gasteiger partial charge is 0.439 e. The average molecular weight is 465 g/mol. The third-order valence-corrected chi connectivity index (χ3v) is 6.66. The predicted molar refractivity (Wildman–Crippen MR) is 119 cm³/mol. The van der Waals surface area contributed by atoms with Crippen molar-refractivity contribution in [3.63, 3.8) is 0 Å². The van der Waals surface area contributed by atoms with Gasteiger partial charge in [0.05, 0.1) is 11.1 Å². The van der Waals surface area contributed by atoms with Gasteiger partial charge in [0.2, 0.25) is 0 Å². The van der Waals surface area contributed by atoms with Gasteiger partial charge in [-0.1, -0.05) is 42.5 Å². The first-order chi connectivity index (χ1) is 15.9. The van der Waals surface area contributed by atoms with Gasteiger partial charge in [-0.15, -0.1) is 0 Å². The van der Waals surface area contributed by atoms with Gasteiger partial charge in [-0.05, 0) is 42.0 Å². The van der Waals surface area contributed by atoms with Crippen LogP contribution < -0.4 is 10.6 Å². The summed E-state index contributed by atoms with van der Waals surface area (Å²) in [5.74, 6) is -1.56. The van der Waals surface area contributed by atoms with Crippen molar-refractivity contribution in [1.82, 2.24) is 9.62 Å². The molecule has 0 saturated heterocycles. The molecular formula is C23H19N3O6S. The number of rotatable bonds is 6. The number of hydrogen-bond acceptors (Lipinski definition) is 6. The number of nitrogens with zero attached hydrogens (tertiary/aromatic N) is 1. The number of ether oxygens (including phenoxy) is 1. The molecule has 0 saturated carbocycles. The minimum absolute atomic E-state index is 0.0366. The molecule has 0 fully saturated rings.